The molecule has 5 heteroatoms. The fourth-order valence-electron chi connectivity index (χ4n) is 1.71. The van der Waals surface area contributed by atoms with E-state index in [4.69, 9.17) is 5.73 Å². The number of likely N-dealkylation sites (tertiary alicyclic amines) is 1. The average Bonchev–Trinajstić information content (AvgIpc) is 2.58. The van der Waals surface area contributed by atoms with Crippen molar-refractivity contribution >= 4 is 27.7 Å². The first-order valence-corrected chi connectivity index (χ1v) is 5.73. The molecule has 0 aromatic heterocycles. The van der Waals surface area contributed by atoms with Crippen LogP contribution in [0.2, 0.25) is 0 Å². The van der Waals surface area contributed by atoms with E-state index < -0.39 is 0 Å². The van der Waals surface area contributed by atoms with Crippen LogP contribution in [0.3, 0.4) is 0 Å². The predicted molar refractivity (Wildman–Crippen MR) is 62.8 cm³/mol. The van der Waals surface area contributed by atoms with Crippen molar-refractivity contribution in [1.82, 2.24) is 4.90 Å². The summed E-state index contributed by atoms with van der Waals surface area (Å²) in [6.45, 7) is 0.305. The molecule has 1 aromatic carbocycles. The monoisotopic (exact) mass is 282 g/mol. The summed E-state index contributed by atoms with van der Waals surface area (Å²) in [7, 11) is 0. The van der Waals surface area contributed by atoms with E-state index in [1.165, 1.54) is 4.90 Å². The second-order valence-corrected chi connectivity index (χ2v) is 4.61. The van der Waals surface area contributed by atoms with Crippen LogP contribution in [0, 0.1) is 0 Å². The van der Waals surface area contributed by atoms with Crippen molar-refractivity contribution in [3.8, 4) is 0 Å². The van der Waals surface area contributed by atoms with E-state index >= 15 is 0 Å². The Labute approximate surface area is 102 Å². The zero-order valence-corrected chi connectivity index (χ0v) is 10.1. The van der Waals surface area contributed by atoms with Gasteiger partial charge in [-0.05, 0) is 28.1 Å². The van der Waals surface area contributed by atoms with Crippen molar-refractivity contribution in [3.63, 3.8) is 0 Å². The van der Waals surface area contributed by atoms with Gasteiger partial charge in [-0.1, -0.05) is 12.1 Å². The second kappa shape index (κ2) is 4.35. The molecule has 1 heterocycles. The standard InChI is InChI=1S/C11H11BrN2O2/c12-9-4-2-1-3-8(9)11(16)14-6-7(13)5-10(14)15/h1-4,7H,5-6,13H2. The third-order valence-electron chi connectivity index (χ3n) is 2.50. The Bertz CT molecular complexity index is 447. The van der Waals surface area contributed by atoms with Crippen molar-refractivity contribution in [2.45, 2.75) is 12.5 Å². The highest BCUT2D eigenvalue weighted by atomic mass is 79.9. The van der Waals surface area contributed by atoms with Crippen molar-refractivity contribution in [3.05, 3.63) is 34.3 Å². The van der Waals surface area contributed by atoms with Gasteiger partial charge in [0, 0.05) is 23.5 Å². The lowest BCUT2D eigenvalue weighted by molar-refractivity contribution is -0.125. The number of carbonyl (C=O) groups is 2. The third kappa shape index (κ3) is 2.01. The van der Waals surface area contributed by atoms with Crippen LogP contribution < -0.4 is 5.73 Å². The smallest absolute Gasteiger partial charge is 0.261 e. The van der Waals surface area contributed by atoms with Crippen LogP contribution in [0.5, 0.6) is 0 Å². The maximum atomic E-state index is 12.0. The third-order valence-corrected chi connectivity index (χ3v) is 3.20. The van der Waals surface area contributed by atoms with Gasteiger partial charge < -0.3 is 5.73 Å². The molecular weight excluding hydrogens is 272 g/mol. The molecule has 1 saturated heterocycles. The Morgan fingerprint density at radius 1 is 1.44 bits per heavy atom. The van der Waals surface area contributed by atoms with E-state index in [0.29, 0.717) is 16.6 Å². The first-order chi connectivity index (χ1) is 7.59. The summed E-state index contributed by atoms with van der Waals surface area (Å²) < 4.78 is 0.688. The summed E-state index contributed by atoms with van der Waals surface area (Å²) in [5.74, 6) is -0.487. The van der Waals surface area contributed by atoms with Crippen LogP contribution >= 0.6 is 15.9 Å². The van der Waals surface area contributed by atoms with Crippen molar-refractivity contribution in [2.75, 3.05) is 6.54 Å². The van der Waals surface area contributed by atoms with Gasteiger partial charge in [-0.15, -0.1) is 0 Å². The molecule has 1 aliphatic heterocycles. The van der Waals surface area contributed by atoms with Crippen LogP contribution in [0.1, 0.15) is 16.8 Å². The van der Waals surface area contributed by atoms with E-state index in [0.717, 1.165) is 0 Å². The molecule has 1 aromatic rings. The van der Waals surface area contributed by atoms with Gasteiger partial charge in [-0.25, -0.2) is 0 Å². The molecule has 1 unspecified atom stereocenters. The van der Waals surface area contributed by atoms with E-state index in [9.17, 15) is 9.59 Å². The maximum absolute atomic E-state index is 12.0. The lowest BCUT2D eigenvalue weighted by atomic mass is 10.2. The SMILES string of the molecule is NC1CC(=O)N(C(=O)c2ccccc2Br)C1. The van der Waals surface area contributed by atoms with Crippen molar-refractivity contribution in [1.29, 1.82) is 0 Å². The number of nitrogens with two attached hydrogens (primary N) is 1. The number of benzene rings is 1. The first kappa shape index (κ1) is 11.3. The fraction of sp³-hybridized carbons (Fsp3) is 0.273. The molecule has 2 amide bonds. The fourth-order valence-corrected chi connectivity index (χ4v) is 2.17. The van der Waals surface area contributed by atoms with E-state index in [2.05, 4.69) is 15.9 Å². The zero-order valence-electron chi connectivity index (χ0n) is 8.52. The normalized spacial score (nSPS) is 20.2. The van der Waals surface area contributed by atoms with Crippen LogP contribution in [-0.4, -0.2) is 29.3 Å². The maximum Gasteiger partial charge on any atom is 0.261 e. The summed E-state index contributed by atoms with van der Waals surface area (Å²) >= 11 is 3.29. The molecule has 2 rings (SSSR count). The Hall–Kier alpha value is -1.20. The Morgan fingerprint density at radius 2 is 2.12 bits per heavy atom. The van der Waals surface area contributed by atoms with Gasteiger partial charge >= 0.3 is 0 Å². The lowest BCUT2D eigenvalue weighted by Crippen LogP contribution is -2.34. The Balaban J connectivity index is 2.27. The minimum Gasteiger partial charge on any atom is -0.326 e. The van der Waals surface area contributed by atoms with Gasteiger partial charge in [-0.2, -0.15) is 0 Å². The molecule has 2 N–H and O–H groups in total. The predicted octanol–water partition coefficient (Wildman–Crippen LogP) is 1.15. The van der Waals surface area contributed by atoms with Crippen LogP contribution in [0.15, 0.2) is 28.7 Å². The molecule has 84 valence electrons. The molecule has 0 radical (unpaired) electrons. The van der Waals surface area contributed by atoms with Crippen LogP contribution in [0.4, 0.5) is 0 Å². The van der Waals surface area contributed by atoms with Gasteiger partial charge in [-0.3, -0.25) is 14.5 Å². The highest BCUT2D eigenvalue weighted by molar-refractivity contribution is 9.10. The van der Waals surface area contributed by atoms with E-state index in [1.54, 1.807) is 18.2 Å². The van der Waals surface area contributed by atoms with Crippen molar-refractivity contribution in [2.24, 2.45) is 5.73 Å². The molecule has 1 fully saturated rings. The summed E-state index contributed by atoms with van der Waals surface area (Å²) in [5, 5.41) is 0. The number of imide groups is 1. The Morgan fingerprint density at radius 3 is 2.69 bits per heavy atom. The number of amides is 2. The number of nitrogens with zero attached hydrogens (tertiary/aromatic N) is 1. The largest absolute Gasteiger partial charge is 0.326 e. The number of rotatable bonds is 1. The molecule has 1 atom stereocenters. The molecule has 16 heavy (non-hydrogen) atoms. The minimum absolute atomic E-state index is 0.201. The minimum atomic E-state index is -0.287. The summed E-state index contributed by atoms with van der Waals surface area (Å²) in [6.07, 6.45) is 0.246. The Kier molecular flexibility index (Phi) is 3.07. The van der Waals surface area contributed by atoms with Gasteiger partial charge in [0.1, 0.15) is 0 Å². The second-order valence-electron chi connectivity index (χ2n) is 3.75. The van der Waals surface area contributed by atoms with Gasteiger partial charge in [0.25, 0.3) is 5.91 Å². The first-order valence-electron chi connectivity index (χ1n) is 4.94. The molecule has 0 aliphatic carbocycles. The number of hydrogen-bond donors (Lipinski definition) is 1. The van der Waals surface area contributed by atoms with Gasteiger partial charge in [0.05, 0.1) is 5.56 Å². The number of halogens is 1. The number of carbonyl (C=O) groups excluding carboxylic acids is 2. The lowest BCUT2D eigenvalue weighted by Gasteiger charge is -2.14. The van der Waals surface area contributed by atoms with E-state index in [1.807, 2.05) is 6.07 Å². The molecule has 0 spiro atoms. The van der Waals surface area contributed by atoms with E-state index in [-0.39, 0.29) is 24.3 Å². The van der Waals surface area contributed by atoms with Crippen molar-refractivity contribution < 1.29 is 9.59 Å². The van der Waals surface area contributed by atoms with Gasteiger partial charge in [0.2, 0.25) is 5.91 Å². The number of hydrogen-bond acceptors (Lipinski definition) is 3. The van der Waals surface area contributed by atoms with Gasteiger partial charge in [0.15, 0.2) is 0 Å². The highest BCUT2D eigenvalue weighted by Gasteiger charge is 2.32. The molecule has 1 aliphatic rings. The molecular formula is C11H11BrN2O2. The molecule has 0 bridgehead atoms. The zero-order chi connectivity index (χ0) is 11.7. The quantitative estimate of drug-likeness (QED) is 0.786. The molecule has 4 nitrogen and oxygen atoms in total. The van der Waals surface area contributed by atoms with Crippen LogP contribution in [0.25, 0.3) is 0 Å². The highest BCUT2D eigenvalue weighted by Crippen LogP contribution is 2.20. The van der Waals surface area contributed by atoms with Crippen LogP contribution in [-0.2, 0) is 4.79 Å². The summed E-state index contributed by atoms with van der Waals surface area (Å²) in [4.78, 5) is 24.8. The summed E-state index contributed by atoms with van der Waals surface area (Å²) in [6, 6.07) is 6.80. The average molecular weight is 283 g/mol. The summed E-state index contributed by atoms with van der Waals surface area (Å²) in [5.41, 5.74) is 6.13. The molecule has 0 saturated carbocycles. The topological polar surface area (TPSA) is 63.4 Å².